The number of amides is 2. The average Bonchev–Trinajstić information content (AvgIpc) is 3.22. The number of nitrogens with zero attached hydrogens (tertiary/aromatic N) is 4. The third-order valence-electron chi connectivity index (χ3n) is 5.09. The molecule has 3 rings (SSSR count). The number of ether oxygens (including phenoxy) is 1. The van der Waals surface area contributed by atoms with Gasteiger partial charge in [-0.2, -0.15) is 0 Å². The number of likely N-dealkylation sites (tertiary alicyclic amines) is 1. The van der Waals surface area contributed by atoms with Gasteiger partial charge in [0.1, 0.15) is 5.69 Å². The van der Waals surface area contributed by atoms with Crippen LogP contribution in [0.3, 0.4) is 0 Å². The first-order valence-corrected chi connectivity index (χ1v) is 8.66. The van der Waals surface area contributed by atoms with Gasteiger partial charge >= 0.3 is 6.03 Å². The zero-order valence-corrected chi connectivity index (χ0v) is 14.8. The lowest BCUT2D eigenvalue weighted by Crippen LogP contribution is -2.53. The van der Waals surface area contributed by atoms with Crippen molar-refractivity contribution in [2.75, 3.05) is 33.3 Å². The molecule has 2 amide bonds. The van der Waals surface area contributed by atoms with Gasteiger partial charge < -0.3 is 20.3 Å². The zero-order valence-electron chi connectivity index (χ0n) is 14.8. The number of carbonyl (C=O) groups is 1. The molecule has 2 aliphatic rings. The van der Waals surface area contributed by atoms with E-state index in [1.165, 1.54) is 0 Å². The van der Waals surface area contributed by atoms with Gasteiger partial charge in [-0.15, -0.1) is 5.10 Å². The molecule has 24 heavy (non-hydrogen) atoms. The molecule has 1 aromatic heterocycles. The molecule has 2 fully saturated rings. The van der Waals surface area contributed by atoms with Crippen molar-refractivity contribution in [2.45, 2.75) is 45.4 Å². The molecular weight excluding hydrogens is 308 g/mol. The SMILES string of the molecule is COC1CCN(C(=O)NCc2cn(C3CCNC3)nn2)CC1(C)C. The van der Waals surface area contributed by atoms with Crippen molar-refractivity contribution >= 4 is 6.03 Å². The standard InChI is InChI=1S/C16H28N6O2/c1-16(2)11-21(7-5-14(16)24-3)15(23)18-8-12-10-22(20-19-12)13-4-6-17-9-13/h10,13-14,17H,4-9,11H2,1-3H3,(H,18,23). The number of urea groups is 1. The van der Waals surface area contributed by atoms with E-state index in [1.807, 2.05) is 15.8 Å². The minimum absolute atomic E-state index is 0.0387. The minimum atomic E-state index is -0.0466. The van der Waals surface area contributed by atoms with Crippen LogP contribution in [0.4, 0.5) is 4.79 Å². The number of hydrogen-bond acceptors (Lipinski definition) is 5. The molecule has 2 saturated heterocycles. The van der Waals surface area contributed by atoms with E-state index in [1.54, 1.807) is 7.11 Å². The summed E-state index contributed by atoms with van der Waals surface area (Å²) in [5.41, 5.74) is 0.754. The number of piperidine rings is 1. The number of nitrogens with one attached hydrogen (secondary N) is 2. The first-order chi connectivity index (χ1) is 11.5. The summed E-state index contributed by atoms with van der Waals surface area (Å²) in [6, 6.07) is 0.325. The third kappa shape index (κ3) is 3.70. The van der Waals surface area contributed by atoms with Crippen LogP contribution in [0, 0.1) is 5.41 Å². The summed E-state index contributed by atoms with van der Waals surface area (Å²) in [6.45, 7) is 8.04. The van der Waals surface area contributed by atoms with Crippen LogP contribution in [0.5, 0.6) is 0 Å². The Morgan fingerprint density at radius 1 is 1.50 bits per heavy atom. The second-order valence-electron chi connectivity index (χ2n) is 7.42. The van der Waals surface area contributed by atoms with Crippen molar-refractivity contribution in [1.82, 2.24) is 30.5 Å². The lowest BCUT2D eigenvalue weighted by Gasteiger charge is -2.43. The second kappa shape index (κ2) is 7.06. The number of hydrogen-bond donors (Lipinski definition) is 2. The van der Waals surface area contributed by atoms with Crippen LogP contribution >= 0.6 is 0 Å². The maximum atomic E-state index is 12.4. The molecule has 2 aliphatic heterocycles. The molecule has 0 aliphatic carbocycles. The topological polar surface area (TPSA) is 84.3 Å². The van der Waals surface area contributed by atoms with Gasteiger partial charge in [0.15, 0.2) is 0 Å². The Balaban J connectivity index is 1.50. The Hall–Kier alpha value is -1.67. The Kier molecular flexibility index (Phi) is 5.05. The summed E-state index contributed by atoms with van der Waals surface area (Å²) in [4.78, 5) is 14.3. The highest BCUT2D eigenvalue weighted by Gasteiger charge is 2.37. The molecule has 0 saturated carbocycles. The summed E-state index contributed by atoms with van der Waals surface area (Å²) >= 11 is 0. The van der Waals surface area contributed by atoms with Gasteiger partial charge in [-0.1, -0.05) is 19.1 Å². The molecule has 2 atom stereocenters. The molecule has 2 N–H and O–H groups in total. The van der Waals surface area contributed by atoms with Crippen molar-refractivity contribution in [3.63, 3.8) is 0 Å². The van der Waals surface area contributed by atoms with Crippen LogP contribution in [-0.4, -0.2) is 65.3 Å². The largest absolute Gasteiger partial charge is 0.381 e. The zero-order chi connectivity index (χ0) is 17.2. The van der Waals surface area contributed by atoms with Crippen molar-refractivity contribution in [3.8, 4) is 0 Å². The summed E-state index contributed by atoms with van der Waals surface area (Å²) in [5, 5.41) is 14.6. The van der Waals surface area contributed by atoms with Crippen LogP contribution in [0.25, 0.3) is 0 Å². The van der Waals surface area contributed by atoms with E-state index in [-0.39, 0.29) is 17.6 Å². The maximum absolute atomic E-state index is 12.4. The van der Waals surface area contributed by atoms with Crippen molar-refractivity contribution in [2.24, 2.45) is 5.41 Å². The number of methoxy groups -OCH3 is 1. The molecule has 8 heteroatoms. The van der Waals surface area contributed by atoms with Gasteiger partial charge in [-0.05, 0) is 19.4 Å². The summed E-state index contributed by atoms with van der Waals surface area (Å²) < 4.78 is 7.43. The Morgan fingerprint density at radius 3 is 3.00 bits per heavy atom. The Labute approximate surface area is 142 Å². The van der Waals surface area contributed by atoms with E-state index in [2.05, 4.69) is 34.8 Å². The summed E-state index contributed by atoms with van der Waals surface area (Å²) in [7, 11) is 1.74. The first kappa shape index (κ1) is 17.2. The van der Waals surface area contributed by atoms with Crippen LogP contribution in [0.15, 0.2) is 6.20 Å². The van der Waals surface area contributed by atoms with E-state index >= 15 is 0 Å². The van der Waals surface area contributed by atoms with Crippen molar-refractivity contribution in [3.05, 3.63) is 11.9 Å². The van der Waals surface area contributed by atoms with E-state index in [4.69, 9.17) is 4.74 Å². The third-order valence-corrected chi connectivity index (χ3v) is 5.09. The molecule has 134 valence electrons. The van der Waals surface area contributed by atoms with E-state index < -0.39 is 0 Å². The normalized spacial score (nSPS) is 26.5. The minimum Gasteiger partial charge on any atom is -0.381 e. The highest BCUT2D eigenvalue weighted by Crippen LogP contribution is 2.31. The maximum Gasteiger partial charge on any atom is 0.317 e. The molecule has 8 nitrogen and oxygen atoms in total. The first-order valence-electron chi connectivity index (χ1n) is 8.66. The van der Waals surface area contributed by atoms with Gasteiger partial charge in [0.2, 0.25) is 0 Å². The van der Waals surface area contributed by atoms with E-state index in [0.29, 0.717) is 25.7 Å². The summed E-state index contributed by atoms with van der Waals surface area (Å²) in [5.74, 6) is 0. The lowest BCUT2D eigenvalue weighted by molar-refractivity contribution is -0.0406. The molecule has 1 aromatic rings. The Morgan fingerprint density at radius 2 is 2.33 bits per heavy atom. The molecule has 0 spiro atoms. The van der Waals surface area contributed by atoms with Gasteiger partial charge in [0, 0.05) is 32.2 Å². The smallest absolute Gasteiger partial charge is 0.317 e. The van der Waals surface area contributed by atoms with Crippen molar-refractivity contribution in [1.29, 1.82) is 0 Å². The molecule has 0 bridgehead atoms. The molecule has 2 unspecified atom stereocenters. The van der Waals surface area contributed by atoms with Gasteiger partial charge in [-0.25, -0.2) is 9.48 Å². The van der Waals surface area contributed by atoms with Crippen molar-refractivity contribution < 1.29 is 9.53 Å². The quantitative estimate of drug-likeness (QED) is 0.848. The molecule has 3 heterocycles. The van der Waals surface area contributed by atoms with Gasteiger partial charge in [0.05, 0.1) is 24.9 Å². The lowest BCUT2D eigenvalue weighted by atomic mass is 9.81. The summed E-state index contributed by atoms with van der Waals surface area (Å²) in [6.07, 6.45) is 4.06. The molecular formula is C16H28N6O2. The number of carbonyl (C=O) groups excluding carboxylic acids is 1. The van der Waals surface area contributed by atoms with Gasteiger partial charge in [-0.3, -0.25) is 0 Å². The van der Waals surface area contributed by atoms with Gasteiger partial charge in [0.25, 0.3) is 0 Å². The second-order valence-corrected chi connectivity index (χ2v) is 7.42. The number of rotatable bonds is 4. The monoisotopic (exact) mass is 336 g/mol. The fraction of sp³-hybridized carbons (Fsp3) is 0.812. The highest BCUT2D eigenvalue weighted by atomic mass is 16.5. The highest BCUT2D eigenvalue weighted by molar-refractivity contribution is 5.74. The van der Waals surface area contributed by atoms with Crippen LogP contribution < -0.4 is 10.6 Å². The molecule has 0 radical (unpaired) electrons. The number of aromatic nitrogens is 3. The fourth-order valence-electron chi connectivity index (χ4n) is 3.66. The van der Waals surface area contributed by atoms with E-state index in [9.17, 15) is 4.79 Å². The predicted molar refractivity (Wildman–Crippen MR) is 89.5 cm³/mol. The fourth-order valence-corrected chi connectivity index (χ4v) is 3.66. The van der Waals surface area contributed by atoms with E-state index in [0.717, 1.165) is 31.6 Å². The van der Waals surface area contributed by atoms with Crippen LogP contribution in [0.2, 0.25) is 0 Å². The van der Waals surface area contributed by atoms with Crippen LogP contribution in [-0.2, 0) is 11.3 Å². The predicted octanol–water partition coefficient (Wildman–Crippen LogP) is 0.769. The van der Waals surface area contributed by atoms with Crippen LogP contribution in [0.1, 0.15) is 38.4 Å². The average molecular weight is 336 g/mol. The Bertz CT molecular complexity index is 567. The molecule has 0 aromatic carbocycles.